The van der Waals surface area contributed by atoms with Crippen LogP contribution in [0.1, 0.15) is 50.4 Å². The molecule has 0 saturated carbocycles. The van der Waals surface area contributed by atoms with Crippen molar-refractivity contribution in [2.75, 3.05) is 13.1 Å². The van der Waals surface area contributed by atoms with Crippen LogP contribution < -0.4 is 0 Å². The maximum Gasteiger partial charge on any atom is 0.434 e. The largest absolute Gasteiger partial charge is 0.434 e. The molecule has 0 radical (unpaired) electrons. The number of halogens is 3. The Morgan fingerprint density at radius 1 is 1.29 bits per heavy atom. The zero-order valence-electron chi connectivity index (χ0n) is 13.2. The quantitative estimate of drug-likeness (QED) is 0.788. The number of aromatic nitrogens is 2. The van der Waals surface area contributed by atoms with Crippen LogP contribution in [0.5, 0.6) is 0 Å². The molecule has 2 aromatic heterocycles. The summed E-state index contributed by atoms with van der Waals surface area (Å²) in [4.78, 5) is 19.0. The van der Waals surface area contributed by atoms with Crippen LogP contribution in [-0.4, -0.2) is 33.3 Å². The lowest BCUT2D eigenvalue weighted by molar-refractivity contribution is -0.140. The van der Waals surface area contributed by atoms with E-state index in [0.717, 1.165) is 27.3 Å². The fourth-order valence-electron chi connectivity index (χ4n) is 2.88. The van der Waals surface area contributed by atoms with Crippen molar-refractivity contribution in [3.05, 3.63) is 32.2 Å². The third kappa shape index (κ3) is 3.32. The molecule has 0 aromatic carbocycles. The predicted molar refractivity (Wildman–Crippen MR) is 86.6 cm³/mol. The second-order valence-corrected chi connectivity index (χ2v) is 7.70. The van der Waals surface area contributed by atoms with Crippen LogP contribution >= 0.6 is 22.9 Å². The van der Waals surface area contributed by atoms with E-state index in [1.807, 2.05) is 13.8 Å². The van der Waals surface area contributed by atoms with Gasteiger partial charge in [0.2, 0.25) is 0 Å². The summed E-state index contributed by atoms with van der Waals surface area (Å²) in [6.07, 6.45) is -3.13. The van der Waals surface area contributed by atoms with Crippen LogP contribution in [0.3, 0.4) is 0 Å². The minimum atomic E-state index is -4.40. The van der Waals surface area contributed by atoms with E-state index in [-0.39, 0.29) is 11.8 Å². The predicted octanol–water partition coefficient (Wildman–Crippen LogP) is 4.26. The highest BCUT2D eigenvalue weighted by atomic mass is 32.1. The van der Waals surface area contributed by atoms with Gasteiger partial charge in [0, 0.05) is 29.3 Å². The first-order chi connectivity index (χ1) is 11.3. The lowest BCUT2D eigenvalue weighted by Crippen LogP contribution is -2.38. The zero-order chi connectivity index (χ0) is 17.5. The number of hydrogen-bond donors (Lipinski definition) is 0. The number of carbonyl (C=O) groups is 1. The van der Waals surface area contributed by atoms with Gasteiger partial charge in [0.15, 0.2) is 5.69 Å². The Hall–Kier alpha value is -1.48. The van der Waals surface area contributed by atoms with Crippen LogP contribution in [0.4, 0.5) is 13.2 Å². The second kappa shape index (κ2) is 6.44. The lowest BCUT2D eigenvalue weighted by Gasteiger charge is -2.31. The fourth-order valence-corrected chi connectivity index (χ4v) is 4.57. The molecule has 1 aliphatic heterocycles. The third-order valence-corrected chi connectivity index (χ3v) is 6.04. The van der Waals surface area contributed by atoms with Crippen LogP contribution in [0, 0.1) is 13.8 Å². The number of alkyl halides is 3. The van der Waals surface area contributed by atoms with Gasteiger partial charge in [-0.15, -0.1) is 11.3 Å². The standard InChI is InChI=1S/C15H16F3N3OS2/c1-8-12(9(2)24-20-8)14(22)21-5-3-10(4-6-21)13-19-11(7-23-13)15(16,17)18/h7,10H,3-6H2,1-2H3. The number of carbonyl (C=O) groups excluding carboxylic acids is 1. The Labute approximate surface area is 145 Å². The molecule has 1 amide bonds. The SMILES string of the molecule is Cc1nsc(C)c1C(=O)N1CCC(c2nc(C(F)(F)F)cs2)CC1. The molecule has 1 saturated heterocycles. The average Bonchev–Trinajstić information content (AvgIpc) is 3.14. The number of amides is 1. The summed E-state index contributed by atoms with van der Waals surface area (Å²) < 4.78 is 42.2. The summed E-state index contributed by atoms with van der Waals surface area (Å²) in [5.74, 6) is -0.0507. The molecule has 130 valence electrons. The third-order valence-electron chi connectivity index (χ3n) is 4.19. The molecule has 1 fully saturated rings. The number of likely N-dealkylation sites (tertiary alicyclic amines) is 1. The minimum absolute atomic E-state index is 0.0158. The molecule has 0 bridgehead atoms. The Bertz CT molecular complexity index is 726. The van der Waals surface area contributed by atoms with Crippen molar-refractivity contribution in [1.29, 1.82) is 0 Å². The van der Waals surface area contributed by atoms with Gasteiger partial charge >= 0.3 is 6.18 Å². The van der Waals surface area contributed by atoms with E-state index in [2.05, 4.69) is 9.36 Å². The van der Waals surface area contributed by atoms with E-state index < -0.39 is 11.9 Å². The molecular weight excluding hydrogens is 359 g/mol. The van der Waals surface area contributed by atoms with Gasteiger partial charge in [-0.1, -0.05) is 0 Å². The van der Waals surface area contributed by atoms with Gasteiger partial charge in [-0.05, 0) is 38.2 Å². The van der Waals surface area contributed by atoms with E-state index >= 15 is 0 Å². The summed E-state index contributed by atoms with van der Waals surface area (Å²) in [5.41, 5.74) is 0.572. The zero-order valence-corrected chi connectivity index (χ0v) is 14.8. The summed E-state index contributed by atoms with van der Waals surface area (Å²) >= 11 is 2.37. The van der Waals surface area contributed by atoms with E-state index in [1.54, 1.807) is 4.90 Å². The molecule has 4 nitrogen and oxygen atoms in total. The Kier molecular flexibility index (Phi) is 4.65. The summed E-state index contributed by atoms with van der Waals surface area (Å²) in [6, 6.07) is 0. The van der Waals surface area contributed by atoms with Gasteiger partial charge in [0.1, 0.15) is 0 Å². The van der Waals surface area contributed by atoms with Crippen molar-refractivity contribution < 1.29 is 18.0 Å². The minimum Gasteiger partial charge on any atom is -0.339 e. The van der Waals surface area contributed by atoms with Crippen LogP contribution in [-0.2, 0) is 6.18 Å². The highest BCUT2D eigenvalue weighted by molar-refractivity contribution is 7.09. The highest BCUT2D eigenvalue weighted by Crippen LogP contribution is 2.36. The lowest BCUT2D eigenvalue weighted by atomic mass is 9.97. The Morgan fingerprint density at radius 3 is 2.46 bits per heavy atom. The summed E-state index contributed by atoms with van der Waals surface area (Å²) in [6.45, 7) is 4.74. The maximum absolute atomic E-state index is 12.7. The van der Waals surface area contributed by atoms with E-state index in [9.17, 15) is 18.0 Å². The number of nitrogens with zero attached hydrogens (tertiary/aromatic N) is 3. The van der Waals surface area contributed by atoms with Crippen molar-refractivity contribution in [2.24, 2.45) is 0 Å². The van der Waals surface area contributed by atoms with Gasteiger partial charge in [0.05, 0.1) is 16.3 Å². The van der Waals surface area contributed by atoms with Gasteiger partial charge in [-0.3, -0.25) is 4.79 Å². The number of thiazole rings is 1. The molecule has 0 atom stereocenters. The molecule has 0 unspecified atom stereocenters. The van der Waals surface area contributed by atoms with Crippen molar-refractivity contribution in [3.8, 4) is 0 Å². The average molecular weight is 375 g/mol. The number of aryl methyl sites for hydroxylation is 2. The summed E-state index contributed by atoms with van der Waals surface area (Å²) in [7, 11) is 0. The Balaban J connectivity index is 1.66. The highest BCUT2D eigenvalue weighted by Gasteiger charge is 2.35. The van der Waals surface area contributed by atoms with Crippen molar-refractivity contribution in [1.82, 2.24) is 14.3 Å². The summed E-state index contributed by atoms with van der Waals surface area (Å²) in [5, 5.41) is 1.58. The molecule has 9 heteroatoms. The second-order valence-electron chi connectivity index (χ2n) is 5.83. The van der Waals surface area contributed by atoms with Crippen molar-refractivity contribution >= 4 is 28.8 Å². The molecule has 0 N–H and O–H groups in total. The molecule has 0 spiro atoms. The number of hydrogen-bond acceptors (Lipinski definition) is 5. The molecule has 24 heavy (non-hydrogen) atoms. The monoisotopic (exact) mass is 375 g/mol. The first kappa shape index (κ1) is 17.3. The maximum atomic E-state index is 12.7. The van der Waals surface area contributed by atoms with Crippen LogP contribution in [0.25, 0.3) is 0 Å². The van der Waals surface area contributed by atoms with Gasteiger partial charge in [-0.25, -0.2) is 4.98 Å². The normalized spacial score (nSPS) is 16.6. The van der Waals surface area contributed by atoms with E-state index in [4.69, 9.17) is 0 Å². The molecular formula is C15H16F3N3OS2. The first-order valence-electron chi connectivity index (χ1n) is 7.52. The van der Waals surface area contributed by atoms with Gasteiger partial charge in [0.25, 0.3) is 5.91 Å². The van der Waals surface area contributed by atoms with Crippen molar-refractivity contribution in [2.45, 2.75) is 38.8 Å². The van der Waals surface area contributed by atoms with Gasteiger partial charge in [-0.2, -0.15) is 17.5 Å². The molecule has 3 heterocycles. The molecule has 2 aromatic rings. The van der Waals surface area contributed by atoms with Crippen LogP contribution in [0.15, 0.2) is 5.38 Å². The van der Waals surface area contributed by atoms with Crippen LogP contribution in [0.2, 0.25) is 0 Å². The Morgan fingerprint density at radius 2 is 1.96 bits per heavy atom. The molecule has 1 aliphatic rings. The number of piperidine rings is 1. The van der Waals surface area contributed by atoms with E-state index in [1.165, 1.54) is 11.5 Å². The fraction of sp³-hybridized carbons (Fsp3) is 0.533. The topological polar surface area (TPSA) is 46.1 Å². The first-order valence-corrected chi connectivity index (χ1v) is 9.17. The van der Waals surface area contributed by atoms with Gasteiger partial charge < -0.3 is 4.90 Å². The molecule has 0 aliphatic carbocycles. The number of rotatable bonds is 2. The van der Waals surface area contributed by atoms with Crippen molar-refractivity contribution in [3.63, 3.8) is 0 Å². The van der Waals surface area contributed by atoms with E-state index in [0.29, 0.717) is 36.5 Å². The smallest absolute Gasteiger partial charge is 0.339 e. The molecule has 3 rings (SSSR count).